The molecular weight excluding hydrogens is 633 g/mol. The zero-order valence-corrected chi connectivity index (χ0v) is 27.6. The van der Waals surface area contributed by atoms with Crippen LogP contribution in [-0.4, -0.2) is 18.0 Å². The Bertz CT molecular complexity index is 2930. The van der Waals surface area contributed by atoms with Crippen LogP contribution in [0.5, 0.6) is 0 Å². The first-order valence-electron chi connectivity index (χ1n) is 16.6. The van der Waals surface area contributed by atoms with Crippen molar-refractivity contribution in [3.8, 4) is 50.5 Å². The Morgan fingerprint density at radius 2 is 1.00 bits per heavy atom. The molecule has 236 valence electrons. The third kappa shape index (κ3) is 4.17. The molecule has 0 aliphatic carbocycles. The second-order valence-electron chi connectivity index (χ2n) is 12.7. The molecule has 0 saturated carbocycles. The summed E-state index contributed by atoms with van der Waals surface area (Å²) in [5, 5.41) is 4.58. The second-order valence-corrected chi connectivity index (χ2v) is 14.6. The fraction of sp³-hybridized carbons (Fsp3) is 0. The van der Waals surface area contributed by atoms with Gasteiger partial charge in [-0.15, -0.1) is 0 Å². The van der Waals surface area contributed by atoms with E-state index >= 15 is 0 Å². The van der Waals surface area contributed by atoms with Crippen LogP contribution in [0.25, 0.3) is 83.0 Å². The van der Waals surface area contributed by atoms with E-state index in [0.717, 1.165) is 49.5 Å². The van der Waals surface area contributed by atoms with Crippen molar-refractivity contribution in [2.45, 2.75) is 9.79 Å². The SMILES string of the molecule is O=S1(=O)c2ccccc2-n2c(-c3ccc4c(-c5ccccc5)c5ccccc5c(-c5cccc(-c6ccccc6)c5)c4c3)nc3cccc1c32. The van der Waals surface area contributed by atoms with Crippen LogP contribution in [0.15, 0.2) is 180 Å². The minimum atomic E-state index is -3.70. The number of sulfone groups is 1. The highest BCUT2D eigenvalue weighted by Crippen LogP contribution is 2.47. The molecule has 0 N–H and O–H groups in total. The predicted octanol–water partition coefficient (Wildman–Crippen LogP) is 11.1. The zero-order valence-electron chi connectivity index (χ0n) is 26.8. The van der Waals surface area contributed by atoms with Gasteiger partial charge in [-0.25, -0.2) is 13.4 Å². The van der Waals surface area contributed by atoms with Gasteiger partial charge in [0.1, 0.15) is 5.82 Å². The van der Waals surface area contributed by atoms with Gasteiger partial charge in [0.15, 0.2) is 0 Å². The van der Waals surface area contributed by atoms with E-state index in [9.17, 15) is 8.42 Å². The van der Waals surface area contributed by atoms with E-state index in [4.69, 9.17) is 4.98 Å². The lowest BCUT2D eigenvalue weighted by molar-refractivity contribution is 0.594. The maximum absolute atomic E-state index is 13.8. The van der Waals surface area contributed by atoms with E-state index in [2.05, 4.69) is 121 Å². The molecule has 0 unspecified atom stereocenters. The lowest BCUT2D eigenvalue weighted by atomic mass is 9.85. The van der Waals surface area contributed by atoms with Crippen molar-refractivity contribution in [2.24, 2.45) is 0 Å². The Kier molecular flexibility index (Phi) is 6.23. The van der Waals surface area contributed by atoms with Crippen molar-refractivity contribution >= 4 is 42.4 Å². The number of hydrogen-bond donors (Lipinski definition) is 0. The molecular formula is C45H28N2O2S. The van der Waals surface area contributed by atoms with Crippen LogP contribution >= 0.6 is 0 Å². The van der Waals surface area contributed by atoms with Gasteiger partial charge in [0.25, 0.3) is 0 Å². The fourth-order valence-electron chi connectivity index (χ4n) is 7.76. The van der Waals surface area contributed by atoms with Gasteiger partial charge in [0.05, 0.1) is 26.5 Å². The molecule has 9 aromatic rings. The molecule has 0 radical (unpaired) electrons. The van der Waals surface area contributed by atoms with Gasteiger partial charge in [-0.05, 0) is 91.3 Å². The second kappa shape index (κ2) is 10.9. The van der Waals surface area contributed by atoms with E-state index in [1.54, 1.807) is 24.3 Å². The van der Waals surface area contributed by atoms with Crippen LogP contribution in [0.2, 0.25) is 0 Å². The molecule has 0 fully saturated rings. The standard InChI is InChI=1S/C45H28N2O2S/c48-50(49)40-23-10-9-22-39(40)47-44-38(21-12-24-41(44)50)46-45(47)33-25-26-36-37(28-33)43(32-18-11-17-31(27-32)29-13-3-1-4-14-29)35-20-8-7-19-34(35)42(36)30-15-5-2-6-16-30/h1-28H. The van der Waals surface area contributed by atoms with Gasteiger partial charge in [-0.3, -0.25) is 4.57 Å². The molecule has 1 aliphatic heterocycles. The Balaban J connectivity index is 1.32. The summed E-state index contributed by atoms with van der Waals surface area (Å²) < 4.78 is 29.6. The summed E-state index contributed by atoms with van der Waals surface area (Å²) in [5.74, 6) is 0.704. The third-order valence-corrected chi connectivity index (χ3v) is 11.8. The van der Waals surface area contributed by atoms with E-state index in [-0.39, 0.29) is 9.79 Å². The van der Waals surface area contributed by atoms with Crippen molar-refractivity contribution in [3.63, 3.8) is 0 Å². The summed E-state index contributed by atoms with van der Waals surface area (Å²) in [5.41, 5.74) is 9.69. The molecule has 5 heteroatoms. The van der Waals surface area contributed by atoms with E-state index in [0.29, 0.717) is 22.5 Å². The van der Waals surface area contributed by atoms with Crippen molar-refractivity contribution in [1.82, 2.24) is 9.55 Å². The van der Waals surface area contributed by atoms with Gasteiger partial charge < -0.3 is 0 Å². The van der Waals surface area contributed by atoms with E-state index in [1.807, 2.05) is 28.8 Å². The maximum Gasteiger partial charge on any atom is 0.210 e. The third-order valence-electron chi connectivity index (χ3n) is 9.93. The predicted molar refractivity (Wildman–Crippen MR) is 203 cm³/mol. The molecule has 0 amide bonds. The molecule has 0 atom stereocenters. The average Bonchev–Trinajstić information content (AvgIpc) is 3.57. The fourth-order valence-corrected chi connectivity index (χ4v) is 9.39. The van der Waals surface area contributed by atoms with Crippen LogP contribution in [0.3, 0.4) is 0 Å². The Hall–Kier alpha value is -6.30. The molecule has 4 nitrogen and oxygen atoms in total. The quantitative estimate of drug-likeness (QED) is 0.177. The summed E-state index contributed by atoms with van der Waals surface area (Å²) in [6, 6.07) is 57.7. The number of nitrogens with zero attached hydrogens (tertiary/aromatic N) is 2. The van der Waals surface area contributed by atoms with Crippen LogP contribution in [0, 0.1) is 0 Å². The van der Waals surface area contributed by atoms with Crippen molar-refractivity contribution in [1.29, 1.82) is 0 Å². The lowest BCUT2D eigenvalue weighted by Crippen LogP contribution is -2.14. The van der Waals surface area contributed by atoms with Crippen LogP contribution in [0.4, 0.5) is 0 Å². The largest absolute Gasteiger partial charge is 0.290 e. The van der Waals surface area contributed by atoms with Crippen LogP contribution in [-0.2, 0) is 9.84 Å². The number of rotatable bonds is 4. The summed E-state index contributed by atoms with van der Waals surface area (Å²) in [6.07, 6.45) is 0. The van der Waals surface area contributed by atoms with E-state index < -0.39 is 9.84 Å². The summed E-state index contributed by atoms with van der Waals surface area (Å²) in [4.78, 5) is 5.69. The molecule has 8 aromatic carbocycles. The lowest BCUT2D eigenvalue weighted by Gasteiger charge is -2.21. The molecule has 0 saturated heterocycles. The molecule has 1 aliphatic rings. The molecule has 50 heavy (non-hydrogen) atoms. The molecule has 10 rings (SSSR count). The van der Waals surface area contributed by atoms with Crippen molar-refractivity contribution < 1.29 is 8.42 Å². The molecule has 2 heterocycles. The highest BCUT2D eigenvalue weighted by atomic mass is 32.2. The Labute approximate surface area is 289 Å². The van der Waals surface area contributed by atoms with Gasteiger partial charge in [-0.1, -0.05) is 133 Å². The molecule has 0 spiro atoms. The molecule has 0 bridgehead atoms. The number of fused-ring (bicyclic) bond motifs is 4. The highest BCUT2D eigenvalue weighted by Gasteiger charge is 2.33. The van der Waals surface area contributed by atoms with E-state index in [1.165, 1.54) is 10.9 Å². The van der Waals surface area contributed by atoms with Gasteiger partial charge in [0.2, 0.25) is 9.84 Å². The van der Waals surface area contributed by atoms with Crippen LogP contribution < -0.4 is 0 Å². The molecule has 1 aromatic heterocycles. The number of hydrogen-bond acceptors (Lipinski definition) is 3. The average molecular weight is 661 g/mol. The summed E-state index contributed by atoms with van der Waals surface area (Å²) >= 11 is 0. The normalized spacial score (nSPS) is 13.1. The van der Waals surface area contributed by atoms with Crippen molar-refractivity contribution in [2.75, 3.05) is 0 Å². The minimum Gasteiger partial charge on any atom is -0.290 e. The summed E-state index contributed by atoms with van der Waals surface area (Å²) in [7, 11) is -3.70. The van der Waals surface area contributed by atoms with Crippen LogP contribution in [0.1, 0.15) is 0 Å². The number of imidazole rings is 1. The topological polar surface area (TPSA) is 52.0 Å². The zero-order chi connectivity index (χ0) is 33.4. The first kappa shape index (κ1) is 28.7. The maximum atomic E-state index is 13.8. The summed E-state index contributed by atoms with van der Waals surface area (Å²) in [6.45, 7) is 0. The smallest absolute Gasteiger partial charge is 0.210 e. The number of benzene rings is 8. The first-order chi connectivity index (χ1) is 24.6. The van der Waals surface area contributed by atoms with Crippen molar-refractivity contribution in [3.05, 3.63) is 170 Å². The minimum absolute atomic E-state index is 0.281. The van der Waals surface area contributed by atoms with Gasteiger partial charge in [-0.2, -0.15) is 0 Å². The number of aromatic nitrogens is 2. The van der Waals surface area contributed by atoms with Gasteiger partial charge >= 0.3 is 0 Å². The highest BCUT2D eigenvalue weighted by molar-refractivity contribution is 7.92. The Morgan fingerprint density at radius 1 is 0.420 bits per heavy atom. The monoisotopic (exact) mass is 660 g/mol. The Morgan fingerprint density at radius 3 is 1.78 bits per heavy atom. The first-order valence-corrected chi connectivity index (χ1v) is 18.1. The number of para-hydroxylation sites is 2. The van der Waals surface area contributed by atoms with Gasteiger partial charge in [0, 0.05) is 5.56 Å².